The van der Waals surface area contributed by atoms with Gasteiger partial charge in [-0.2, -0.15) is 0 Å². The Bertz CT molecular complexity index is 465. The molecule has 0 atom stereocenters. The molecule has 17 heavy (non-hydrogen) atoms. The number of hydrogen-bond donors (Lipinski definition) is 1. The second kappa shape index (κ2) is 4.83. The Morgan fingerprint density at radius 2 is 2.00 bits per heavy atom. The smallest absolute Gasteiger partial charge is 0.338 e. The molecule has 1 aromatic rings. The lowest BCUT2D eigenvalue weighted by Crippen LogP contribution is -2.29. The van der Waals surface area contributed by atoms with Crippen LogP contribution in [0, 0.1) is 5.82 Å². The fourth-order valence-corrected chi connectivity index (χ4v) is 1.04. The van der Waals surface area contributed by atoms with Gasteiger partial charge in [-0.15, -0.1) is 0 Å². The van der Waals surface area contributed by atoms with E-state index in [-0.39, 0.29) is 5.75 Å². The zero-order valence-electron chi connectivity index (χ0n) is 9.16. The van der Waals surface area contributed by atoms with E-state index in [9.17, 15) is 14.0 Å². The van der Waals surface area contributed by atoms with Gasteiger partial charge in [0.25, 0.3) is 0 Å². The third-order valence-electron chi connectivity index (χ3n) is 1.87. The van der Waals surface area contributed by atoms with E-state index < -0.39 is 27.6 Å². The molecular weight excluding hydrogens is 295 g/mol. The highest BCUT2D eigenvalue weighted by Gasteiger charge is 2.26. The van der Waals surface area contributed by atoms with Crippen LogP contribution < -0.4 is 4.74 Å². The second-order valence-electron chi connectivity index (χ2n) is 3.81. The summed E-state index contributed by atoms with van der Waals surface area (Å²) >= 11 is 3.10. The minimum absolute atomic E-state index is 0.0370. The SMILES string of the molecule is CC(C)(Br)C(=O)Oc1ccc(C(=O)O)c(F)c1. The van der Waals surface area contributed by atoms with E-state index in [2.05, 4.69) is 15.9 Å². The highest BCUT2D eigenvalue weighted by molar-refractivity contribution is 9.10. The topological polar surface area (TPSA) is 63.6 Å². The van der Waals surface area contributed by atoms with Gasteiger partial charge in [-0.25, -0.2) is 9.18 Å². The van der Waals surface area contributed by atoms with Gasteiger partial charge in [-0.1, -0.05) is 15.9 Å². The predicted molar refractivity (Wildman–Crippen MR) is 62.0 cm³/mol. The number of benzene rings is 1. The lowest BCUT2D eigenvalue weighted by Gasteiger charge is -2.14. The predicted octanol–water partition coefficient (Wildman–Crippen LogP) is 2.60. The average Bonchev–Trinajstić information content (AvgIpc) is 2.15. The first-order chi connectivity index (χ1) is 7.71. The van der Waals surface area contributed by atoms with Crippen molar-refractivity contribution in [3.05, 3.63) is 29.6 Å². The Morgan fingerprint density at radius 1 is 1.41 bits per heavy atom. The Labute approximate surface area is 106 Å². The maximum Gasteiger partial charge on any atom is 0.338 e. The van der Waals surface area contributed by atoms with Crippen molar-refractivity contribution in [3.8, 4) is 5.75 Å². The van der Waals surface area contributed by atoms with E-state index in [0.29, 0.717) is 0 Å². The van der Waals surface area contributed by atoms with Crippen LogP contribution in [0.25, 0.3) is 0 Å². The molecule has 0 amide bonds. The third kappa shape index (κ3) is 3.52. The number of hydrogen-bond acceptors (Lipinski definition) is 3. The van der Waals surface area contributed by atoms with Gasteiger partial charge in [-0.3, -0.25) is 4.79 Å². The summed E-state index contributed by atoms with van der Waals surface area (Å²) in [4.78, 5) is 22.0. The molecule has 0 unspecified atom stereocenters. The molecule has 0 spiro atoms. The summed E-state index contributed by atoms with van der Waals surface area (Å²) in [6.45, 7) is 3.16. The fraction of sp³-hybridized carbons (Fsp3) is 0.273. The molecule has 0 saturated carbocycles. The maximum absolute atomic E-state index is 13.3. The van der Waals surface area contributed by atoms with Crippen LogP contribution in [-0.4, -0.2) is 21.4 Å². The van der Waals surface area contributed by atoms with Crippen molar-refractivity contribution >= 4 is 27.9 Å². The van der Waals surface area contributed by atoms with Gasteiger partial charge >= 0.3 is 11.9 Å². The number of rotatable bonds is 3. The zero-order valence-corrected chi connectivity index (χ0v) is 10.7. The number of carboxylic acids is 1. The van der Waals surface area contributed by atoms with Crippen LogP contribution in [0.4, 0.5) is 4.39 Å². The monoisotopic (exact) mass is 304 g/mol. The molecule has 1 aromatic carbocycles. The molecule has 6 heteroatoms. The normalized spacial score (nSPS) is 11.1. The number of halogens is 2. The van der Waals surface area contributed by atoms with E-state index in [1.54, 1.807) is 13.8 Å². The van der Waals surface area contributed by atoms with Crippen LogP contribution in [0.3, 0.4) is 0 Å². The van der Waals surface area contributed by atoms with Crippen LogP contribution in [0.2, 0.25) is 0 Å². The summed E-state index contributed by atoms with van der Waals surface area (Å²) in [5.41, 5.74) is -0.470. The van der Waals surface area contributed by atoms with Crippen LogP contribution in [0.1, 0.15) is 24.2 Å². The Balaban J connectivity index is 2.92. The van der Waals surface area contributed by atoms with Crippen molar-refractivity contribution < 1.29 is 23.8 Å². The molecular formula is C11H10BrFO4. The Morgan fingerprint density at radius 3 is 2.41 bits per heavy atom. The summed E-state index contributed by atoms with van der Waals surface area (Å²) < 4.78 is 17.2. The quantitative estimate of drug-likeness (QED) is 0.530. The van der Waals surface area contributed by atoms with Gasteiger partial charge in [0.05, 0.1) is 5.56 Å². The van der Waals surface area contributed by atoms with E-state index >= 15 is 0 Å². The van der Waals surface area contributed by atoms with E-state index in [4.69, 9.17) is 9.84 Å². The molecule has 0 radical (unpaired) electrons. The number of carboxylic acid groups (broad SMARTS) is 1. The standard InChI is InChI=1S/C11H10BrFO4/c1-11(2,12)10(16)17-6-3-4-7(9(14)15)8(13)5-6/h3-5H,1-2H3,(H,14,15). The van der Waals surface area contributed by atoms with Gasteiger partial charge in [0.1, 0.15) is 15.9 Å². The molecule has 1 N–H and O–H groups in total. The van der Waals surface area contributed by atoms with Crippen LogP contribution >= 0.6 is 15.9 Å². The van der Waals surface area contributed by atoms with Crippen molar-refractivity contribution in [3.63, 3.8) is 0 Å². The summed E-state index contributed by atoms with van der Waals surface area (Å²) in [6.07, 6.45) is 0. The summed E-state index contributed by atoms with van der Waals surface area (Å²) in [7, 11) is 0. The minimum atomic E-state index is -1.37. The number of alkyl halides is 1. The molecule has 92 valence electrons. The van der Waals surface area contributed by atoms with E-state index in [1.807, 2.05) is 0 Å². The molecule has 0 aromatic heterocycles. The average molecular weight is 305 g/mol. The molecule has 0 saturated heterocycles. The number of carbonyl (C=O) groups is 2. The summed E-state index contributed by atoms with van der Waals surface area (Å²) in [5, 5.41) is 8.61. The van der Waals surface area contributed by atoms with E-state index in [1.165, 1.54) is 6.07 Å². The molecule has 4 nitrogen and oxygen atoms in total. The van der Waals surface area contributed by atoms with E-state index in [0.717, 1.165) is 12.1 Å². The number of esters is 1. The molecule has 0 aliphatic carbocycles. The Hall–Kier alpha value is -1.43. The highest BCUT2D eigenvalue weighted by Crippen LogP contribution is 2.22. The minimum Gasteiger partial charge on any atom is -0.478 e. The van der Waals surface area contributed by atoms with Crippen molar-refractivity contribution in [2.75, 3.05) is 0 Å². The Kier molecular flexibility index (Phi) is 3.87. The zero-order chi connectivity index (χ0) is 13.2. The lowest BCUT2D eigenvalue weighted by atomic mass is 10.2. The van der Waals surface area contributed by atoms with Gasteiger partial charge in [0.2, 0.25) is 0 Å². The molecule has 0 bridgehead atoms. The van der Waals surface area contributed by atoms with Gasteiger partial charge < -0.3 is 9.84 Å². The first-order valence-corrected chi connectivity index (χ1v) is 5.45. The van der Waals surface area contributed by atoms with Gasteiger partial charge in [0.15, 0.2) is 0 Å². The molecule has 0 fully saturated rings. The number of carbonyl (C=O) groups excluding carboxylic acids is 1. The highest BCUT2D eigenvalue weighted by atomic mass is 79.9. The van der Waals surface area contributed by atoms with Gasteiger partial charge in [0, 0.05) is 6.07 Å². The van der Waals surface area contributed by atoms with Crippen molar-refractivity contribution in [2.45, 2.75) is 18.2 Å². The molecule has 0 aliphatic rings. The largest absolute Gasteiger partial charge is 0.478 e. The van der Waals surface area contributed by atoms with Gasteiger partial charge in [-0.05, 0) is 26.0 Å². The summed E-state index contributed by atoms with van der Waals surface area (Å²) in [6, 6.07) is 3.13. The first kappa shape index (κ1) is 13.6. The van der Waals surface area contributed by atoms with Crippen molar-refractivity contribution in [1.82, 2.24) is 0 Å². The van der Waals surface area contributed by atoms with Crippen LogP contribution in [-0.2, 0) is 4.79 Å². The lowest BCUT2D eigenvalue weighted by molar-refractivity contribution is -0.136. The number of aromatic carboxylic acids is 1. The molecule has 0 heterocycles. The third-order valence-corrected chi connectivity index (χ3v) is 2.19. The number of ether oxygens (including phenoxy) is 1. The first-order valence-electron chi connectivity index (χ1n) is 4.66. The van der Waals surface area contributed by atoms with Crippen LogP contribution in [0.15, 0.2) is 18.2 Å². The molecule has 0 aliphatic heterocycles. The maximum atomic E-state index is 13.3. The fourth-order valence-electron chi connectivity index (χ4n) is 0.961. The van der Waals surface area contributed by atoms with Crippen molar-refractivity contribution in [1.29, 1.82) is 0 Å². The van der Waals surface area contributed by atoms with Crippen molar-refractivity contribution in [2.24, 2.45) is 0 Å². The second-order valence-corrected chi connectivity index (χ2v) is 5.79. The summed E-state index contributed by atoms with van der Waals surface area (Å²) in [5.74, 6) is -2.96. The van der Waals surface area contributed by atoms with Crippen LogP contribution in [0.5, 0.6) is 5.75 Å². The molecule has 1 rings (SSSR count).